The first-order valence-corrected chi connectivity index (χ1v) is 8.86. The maximum Gasteiger partial charge on any atom is 0.168 e. The molecule has 0 saturated carbocycles. The molecule has 0 N–H and O–H groups in total. The van der Waals surface area contributed by atoms with Gasteiger partial charge in [0.05, 0.1) is 40.1 Å². The van der Waals surface area contributed by atoms with Crippen molar-refractivity contribution in [2.75, 3.05) is 0 Å². The van der Waals surface area contributed by atoms with Gasteiger partial charge >= 0.3 is 0 Å². The quantitative estimate of drug-likeness (QED) is 0.782. The lowest BCUT2D eigenvalue weighted by Crippen LogP contribution is -2.25. The van der Waals surface area contributed by atoms with Crippen LogP contribution in [0.1, 0.15) is 58.1 Å². The molecule has 0 saturated heterocycles. The summed E-state index contributed by atoms with van der Waals surface area (Å²) in [7, 11) is 0. The maximum atomic E-state index is 11.2. The Bertz CT molecular complexity index is 1010. The number of pyridine rings is 1. The monoisotopic (exact) mass is 344 g/mol. The Kier molecular flexibility index (Phi) is 3.38. The van der Waals surface area contributed by atoms with E-state index < -0.39 is 0 Å². The van der Waals surface area contributed by atoms with E-state index >= 15 is 0 Å². The number of aryl methyl sites for hydroxylation is 2. The minimum Gasteiger partial charge on any atom is -0.296 e. The molecule has 2 atom stereocenters. The van der Waals surface area contributed by atoms with Crippen LogP contribution >= 0.6 is 0 Å². The number of nitrogens with zero attached hydrogens (tertiary/aromatic N) is 4. The zero-order chi connectivity index (χ0) is 17.7. The normalized spacial score (nSPS) is 22.4. The second-order valence-electron chi connectivity index (χ2n) is 6.85. The lowest BCUT2D eigenvalue weighted by molar-refractivity contribution is -0.102. The highest BCUT2D eigenvalue weighted by molar-refractivity contribution is 6.34. The standard InChI is InChI=1S/C20H16N4O2/c25-9-11-5-7-13-17(21-11)18-14(8-6-12(10-26)22-18)20-19(13)23-15-3-1-2-4-16(15)24-20/h5-10,13,17H,1-4H2. The second-order valence-corrected chi connectivity index (χ2v) is 6.85. The number of carbonyl (C=O) groups is 2. The summed E-state index contributed by atoms with van der Waals surface area (Å²) in [4.78, 5) is 41.4. The van der Waals surface area contributed by atoms with Crippen molar-refractivity contribution in [3.63, 3.8) is 0 Å². The fraction of sp³-hybridized carbons (Fsp3) is 0.300. The number of hydrogen-bond donors (Lipinski definition) is 0. The van der Waals surface area contributed by atoms with Crippen LogP contribution in [0.3, 0.4) is 0 Å². The smallest absolute Gasteiger partial charge is 0.168 e. The Morgan fingerprint density at radius 3 is 2.50 bits per heavy atom. The minimum absolute atomic E-state index is 0.115. The molecule has 1 aliphatic heterocycles. The molecule has 2 aromatic rings. The summed E-state index contributed by atoms with van der Waals surface area (Å²) in [5.41, 5.74) is 6.16. The summed E-state index contributed by atoms with van der Waals surface area (Å²) in [6, 6.07) is 3.22. The highest BCUT2D eigenvalue weighted by atomic mass is 16.1. The number of aldehydes is 2. The molecular weight excluding hydrogens is 328 g/mol. The Morgan fingerprint density at radius 1 is 0.923 bits per heavy atom. The molecule has 0 radical (unpaired) electrons. The van der Waals surface area contributed by atoms with Crippen molar-refractivity contribution >= 4 is 18.3 Å². The molecule has 2 unspecified atom stereocenters. The van der Waals surface area contributed by atoms with E-state index in [1.165, 1.54) is 0 Å². The molecule has 0 fully saturated rings. The van der Waals surface area contributed by atoms with Crippen LogP contribution in [-0.2, 0) is 17.6 Å². The zero-order valence-corrected chi connectivity index (χ0v) is 14.1. The zero-order valence-electron chi connectivity index (χ0n) is 14.1. The molecular formula is C20H16N4O2. The van der Waals surface area contributed by atoms with Gasteiger partial charge in [-0.15, -0.1) is 0 Å². The Morgan fingerprint density at radius 2 is 1.73 bits per heavy atom. The van der Waals surface area contributed by atoms with Crippen LogP contribution < -0.4 is 0 Å². The number of rotatable bonds is 2. The van der Waals surface area contributed by atoms with E-state index in [4.69, 9.17) is 9.97 Å². The molecule has 128 valence electrons. The van der Waals surface area contributed by atoms with E-state index in [2.05, 4.69) is 9.98 Å². The van der Waals surface area contributed by atoms with Gasteiger partial charge in [0, 0.05) is 5.56 Å². The summed E-state index contributed by atoms with van der Waals surface area (Å²) in [5.74, 6) is -0.115. The van der Waals surface area contributed by atoms with Crippen LogP contribution in [0.25, 0.3) is 11.3 Å². The lowest BCUT2D eigenvalue weighted by atomic mass is 9.80. The molecule has 0 aromatic carbocycles. The highest BCUT2D eigenvalue weighted by Crippen LogP contribution is 2.47. The number of carbonyl (C=O) groups excluding carboxylic acids is 2. The highest BCUT2D eigenvalue weighted by Gasteiger charge is 2.38. The largest absolute Gasteiger partial charge is 0.296 e. The number of aliphatic imine (C=N–C) groups is 1. The Labute approximate surface area is 150 Å². The third-order valence-corrected chi connectivity index (χ3v) is 5.30. The van der Waals surface area contributed by atoms with Gasteiger partial charge in [0.1, 0.15) is 11.7 Å². The average Bonchev–Trinajstić information content (AvgIpc) is 2.71. The first kappa shape index (κ1) is 15.3. The van der Waals surface area contributed by atoms with Gasteiger partial charge in [-0.05, 0) is 43.9 Å². The molecule has 0 spiro atoms. The van der Waals surface area contributed by atoms with Gasteiger partial charge in [0.2, 0.25) is 0 Å². The predicted octanol–water partition coefficient (Wildman–Crippen LogP) is 2.58. The minimum atomic E-state index is -0.349. The molecule has 0 bridgehead atoms. The van der Waals surface area contributed by atoms with Gasteiger partial charge in [-0.2, -0.15) is 0 Å². The number of aromatic nitrogens is 3. The lowest BCUT2D eigenvalue weighted by Gasteiger charge is -2.32. The van der Waals surface area contributed by atoms with Crippen LogP contribution in [0.5, 0.6) is 0 Å². The van der Waals surface area contributed by atoms with Crippen molar-refractivity contribution in [2.24, 2.45) is 4.99 Å². The number of hydrogen-bond acceptors (Lipinski definition) is 6. The molecule has 3 aliphatic rings. The summed E-state index contributed by atoms with van der Waals surface area (Å²) in [5, 5.41) is 0. The van der Waals surface area contributed by atoms with Crippen molar-refractivity contribution in [1.29, 1.82) is 0 Å². The predicted molar refractivity (Wildman–Crippen MR) is 95.4 cm³/mol. The van der Waals surface area contributed by atoms with Crippen molar-refractivity contribution in [1.82, 2.24) is 15.0 Å². The third kappa shape index (κ3) is 2.18. The topological polar surface area (TPSA) is 85.2 Å². The van der Waals surface area contributed by atoms with Crippen LogP contribution in [0, 0.1) is 0 Å². The van der Waals surface area contributed by atoms with Gasteiger partial charge in [0.15, 0.2) is 12.6 Å². The summed E-state index contributed by atoms with van der Waals surface area (Å²) >= 11 is 0. The fourth-order valence-corrected chi connectivity index (χ4v) is 4.05. The van der Waals surface area contributed by atoms with Gasteiger partial charge in [-0.1, -0.05) is 6.08 Å². The van der Waals surface area contributed by atoms with Crippen LogP contribution in [0.2, 0.25) is 0 Å². The molecule has 6 heteroatoms. The molecule has 26 heavy (non-hydrogen) atoms. The molecule has 6 nitrogen and oxygen atoms in total. The van der Waals surface area contributed by atoms with Gasteiger partial charge in [0.25, 0.3) is 0 Å². The van der Waals surface area contributed by atoms with Crippen LogP contribution in [0.4, 0.5) is 0 Å². The fourth-order valence-electron chi connectivity index (χ4n) is 4.05. The van der Waals surface area contributed by atoms with Crippen LogP contribution in [0.15, 0.2) is 29.3 Å². The van der Waals surface area contributed by atoms with E-state index in [1.54, 1.807) is 12.1 Å². The first-order chi connectivity index (χ1) is 12.8. The van der Waals surface area contributed by atoms with Crippen LogP contribution in [-0.4, -0.2) is 33.2 Å². The SMILES string of the molecule is O=CC1=NC2c3nc(C=O)ccc3-c3nc4c(nc3C2C=C1)CCCC4. The maximum absolute atomic E-state index is 11.2. The van der Waals surface area contributed by atoms with Crippen molar-refractivity contribution in [2.45, 2.75) is 37.6 Å². The molecule has 2 aliphatic carbocycles. The van der Waals surface area contributed by atoms with E-state index in [0.717, 1.165) is 66.6 Å². The summed E-state index contributed by atoms with van der Waals surface area (Å²) < 4.78 is 0. The van der Waals surface area contributed by atoms with E-state index in [1.807, 2.05) is 12.1 Å². The molecule has 2 aromatic heterocycles. The van der Waals surface area contributed by atoms with Gasteiger partial charge in [-0.25, -0.2) is 9.97 Å². The number of fused-ring (bicyclic) bond motifs is 7. The summed E-state index contributed by atoms with van der Waals surface area (Å²) in [6.07, 6.45) is 9.33. The first-order valence-electron chi connectivity index (χ1n) is 8.86. The van der Waals surface area contributed by atoms with Crippen molar-refractivity contribution in [3.8, 4) is 11.3 Å². The van der Waals surface area contributed by atoms with Gasteiger partial charge < -0.3 is 0 Å². The third-order valence-electron chi connectivity index (χ3n) is 5.30. The molecule has 5 rings (SSSR count). The summed E-state index contributed by atoms with van der Waals surface area (Å²) in [6.45, 7) is 0. The van der Waals surface area contributed by atoms with E-state index in [9.17, 15) is 9.59 Å². The Hall–Kier alpha value is -3.02. The van der Waals surface area contributed by atoms with Gasteiger partial charge in [-0.3, -0.25) is 19.6 Å². The second kappa shape index (κ2) is 5.76. The number of dihydropyridines is 1. The molecule has 3 heterocycles. The average molecular weight is 344 g/mol. The van der Waals surface area contributed by atoms with E-state index in [-0.39, 0.29) is 12.0 Å². The molecule has 0 amide bonds. The van der Waals surface area contributed by atoms with Crippen molar-refractivity contribution in [3.05, 3.63) is 52.8 Å². The van der Waals surface area contributed by atoms with Crippen molar-refractivity contribution < 1.29 is 9.59 Å². The Balaban J connectivity index is 1.78. The van der Waals surface area contributed by atoms with E-state index in [0.29, 0.717) is 17.1 Å². The number of allylic oxidation sites excluding steroid dienone is 1.